The maximum absolute atomic E-state index is 11.1. The second-order valence-electron chi connectivity index (χ2n) is 4.74. The van der Waals surface area contributed by atoms with Gasteiger partial charge >= 0.3 is 0 Å². The van der Waals surface area contributed by atoms with Crippen molar-refractivity contribution in [3.8, 4) is 5.75 Å². The van der Waals surface area contributed by atoms with Gasteiger partial charge in [-0.15, -0.1) is 0 Å². The Morgan fingerprint density at radius 1 is 1.50 bits per heavy atom. The van der Waals surface area contributed by atoms with Crippen molar-refractivity contribution in [2.75, 3.05) is 25.7 Å². The van der Waals surface area contributed by atoms with Crippen LogP contribution in [0.3, 0.4) is 0 Å². The quantitative estimate of drug-likeness (QED) is 0.887. The van der Waals surface area contributed by atoms with Crippen LogP contribution in [0.15, 0.2) is 18.2 Å². The standard InChI is InChI=1S/C14H21NO2S/c1-17-12-7-6-11-4-3-5-14(13(11)10-12)15-8-9-18(2)16/h6-7,10,14-15H,3-5,8-9H2,1-2H3. The molecule has 0 saturated carbocycles. The van der Waals surface area contributed by atoms with Crippen molar-refractivity contribution in [2.24, 2.45) is 0 Å². The molecule has 2 rings (SSSR count). The highest BCUT2D eigenvalue weighted by molar-refractivity contribution is 7.84. The number of aryl methyl sites for hydroxylation is 1. The lowest BCUT2D eigenvalue weighted by atomic mass is 9.87. The van der Waals surface area contributed by atoms with Crippen molar-refractivity contribution < 1.29 is 8.95 Å². The zero-order chi connectivity index (χ0) is 13.0. The topological polar surface area (TPSA) is 38.3 Å². The summed E-state index contributed by atoms with van der Waals surface area (Å²) in [4.78, 5) is 0. The molecule has 0 spiro atoms. The average molecular weight is 267 g/mol. The van der Waals surface area contributed by atoms with Crippen molar-refractivity contribution in [3.05, 3.63) is 29.3 Å². The SMILES string of the molecule is COc1ccc2c(c1)C(NCCS(C)=O)CCC2. The van der Waals surface area contributed by atoms with E-state index in [4.69, 9.17) is 4.74 Å². The Kier molecular flexibility index (Phi) is 4.78. The van der Waals surface area contributed by atoms with E-state index in [0.717, 1.165) is 30.9 Å². The first-order valence-corrected chi connectivity index (χ1v) is 8.13. The molecule has 3 nitrogen and oxygen atoms in total. The van der Waals surface area contributed by atoms with Crippen LogP contribution in [0.5, 0.6) is 5.75 Å². The molecule has 0 saturated heterocycles. The van der Waals surface area contributed by atoms with E-state index in [1.165, 1.54) is 17.5 Å². The number of ether oxygens (including phenoxy) is 1. The first-order chi connectivity index (χ1) is 8.70. The van der Waals surface area contributed by atoms with Crippen LogP contribution in [0.4, 0.5) is 0 Å². The number of benzene rings is 1. The molecule has 2 atom stereocenters. The average Bonchev–Trinajstić information content (AvgIpc) is 2.38. The van der Waals surface area contributed by atoms with E-state index in [-0.39, 0.29) is 0 Å². The molecular formula is C14H21NO2S. The first-order valence-electron chi connectivity index (χ1n) is 6.41. The molecule has 18 heavy (non-hydrogen) atoms. The Balaban J connectivity index is 2.08. The fraction of sp³-hybridized carbons (Fsp3) is 0.571. The maximum atomic E-state index is 11.1. The molecule has 0 bridgehead atoms. The molecule has 4 heteroatoms. The number of nitrogens with one attached hydrogen (secondary N) is 1. The van der Waals surface area contributed by atoms with Gasteiger partial charge in [-0.25, -0.2) is 0 Å². The van der Waals surface area contributed by atoms with Crippen LogP contribution in [0, 0.1) is 0 Å². The predicted octanol–water partition coefficient (Wildman–Crippen LogP) is 2.04. The Hall–Kier alpha value is -0.870. The van der Waals surface area contributed by atoms with Crippen LogP contribution in [0.1, 0.15) is 30.0 Å². The molecule has 0 aromatic heterocycles. The van der Waals surface area contributed by atoms with Crippen molar-refractivity contribution >= 4 is 10.8 Å². The molecule has 1 aromatic rings. The van der Waals surface area contributed by atoms with Gasteiger partial charge in [0.2, 0.25) is 0 Å². The van der Waals surface area contributed by atoms with Gasteiger partial charge in [-0.05, 0) is 42.5 Å². The third-order valence-electron chi connectivity index (χ3n) is 3.45. The minimum atomic E-state index is -0.721. The number of hydrogen-bond acceptors (Lipinski definition) is 3. The van der Waals surface area contributed by atoms with E-state index < -0.39 is 10.8 Å². The van der Waals surface area contributed by atoms with E-state index in [1.54, 1.807) is 13.4 Å². The fourth-order valence-corrected chi connectivity index (χ4v) is 2.90. The summed E-state index contributed by atoms with van der Waals surface area (Å²) in [5.74, 6) is 1.64. The smallest absolute Gasteiger partial charge is 0.119 e. The van der Waals surface area contributed by atoms with Crippen LogP contribution < -0.4 is 10.1 Å². The monoisotopic (exact) mass is 267 g/mol. The van der Waals surface area contributed by atoms with E-state index >= 15 is 0 Å². The van der Waals surface area contributed by atoms with Gasteiger partial charge in [-0.2, -0.15) is 0 Å². The fourth-order valence-electron chi connectivity index (χ4n) is 2.49. The third kappa shape index (κ3) is 3.33. The highest BCUT2D eigenvalue weighted by Gasteiger charge is 2.20. The summed E-state index contributed by atoms with van der Waals surface area (Å²) in [6.45, 7) is 0.810. The van der Waals surface area contributed by atoms with Crippen LogP contribution in [0.25, 0.3) is 0 Å². The zero-order valence-electron chi connectivity index (χ0n) is 11.1. The summed E-state index contributed by atoms with van der Waals surface area (Å²) in [6.07, 6.45) is 5.26. The molecule has 0 amide bonds. The van der Waals surface area contributed by atoms with Crippen molar-refractivity contribution in [3.63, 3.8) is 0 Å². The van der Waals surface area contributed by atoms with Gasteiger partial charge in [0.1, 0.15) is 5.75 Å². The lowest BCUT2D eigenvalue weighted by Gasteiger charge is -2.27. The van der Waals surface area contributed by atoms with E-state index in [0.29, 0.717) is 6.04 Å². The van der Waals surface area contributed by atoms with Crippen molar-refractivity contribution in [1.82, 2.24) is 5.32 Å². The number of methoxy groups -OCH3 is 1. The van der Waals surface area contributed by atoms with Crippen molar-refractivity contribution in [1.29, 1.82) is 0 Å². The molecule has 0 heterocycles. The second kappa shape index (κ2) is 6.34. The summed E-state index contributed by atoms with van der Waals surface area (Å²) < 4.78 is 16.4. The van der Waals surface area contributed by atoms with Gasteiger partial charge in [0.15, 0.2) is 0 Å². The summed E-state index contributed by atoms with van der Waals surface area (Å²) >= 11 is 0. The van der Waals surface area contributed by atoms with Crippen LogP contribution in [-0.2, 0) is 17.2 Å². The normalized spacial score (nSPS) is 20.2. The molecule has 100 valence electrons. The molecular weight excluding hydrogens is 246 g/mol. The Bertz CT molecular complexity index is 434. The number of rotatable bonds is 5. The number of fused-ring (bicyclic) bond motifs is 1. The molecule has 1 N–H and O–H groups in total. The Morgan fingerprint density at radius 2 is 2.33 bits per heavy atom. The highest BCUT2D eigenvalue weighted by atomic mass is 32.2. The second-order valence-corrected chi connectivity index (χ2v) is 6.30. The number of hydrogen-bond donors (Lipinski definition) is 1. The third-order valence-corrected chi connectivity index (χ3v) is 4.23. The van der Waals surface area contributed by atoms with E-state index in [9.17, 15) is 4.21 Å². The molecule has 1 aromatic carbocycles. The maximum Gasteiger partial charge on any atom is 0.119 e. The van der Waals surface area contributed by atoms with Gasteiger partial charge in [-0.3, -0.25) is 4.21 Å². The van der Waals surface area contributed by atoms with E-state index in [2.05, 4.69) is 17.4 Å². The van der Waals surface area contributed by atoms with Gasteiger partial charge in [0.25, 0.3) is 0 Å². The van der Waals surface area contributed by atoms with Gasteiger partial charge in [0, 0.05) is 35.4 Å². The lowest BCUT2D eigenvalue weighted by Crippen LogP contribution is -2.28. The summed E-state index contributed by atoms with van der Waals surface area (Å²) in [5, 5.41) is 3.51. The lowest BCUT2D eigenvalue weighted by molar-refractivity contribution is 0.409. The predicted molar refractivity (Wildman–Crippen MR) is 75.6 cm³/mol. The Morgan fingerprint density at radius 3 is 3.06 bits per heavy atom. The molecule has 1 aliphatic carbocycles. The summed E-state index contributed by atoms with van der Waals surface area (Å²) in [5.41, 5.74) is 2.76. The summed E-state index contributed by atoms with van der Waals surface area (Å²) in [6, 6.07) is 6.71. The molecule has 0 fully saturated rings. The van der Waals surface area contributed by atoms with Gasteiger partial charge in [-0.1, -0.05) is 6.07 Å². The van der Waals surface area contributed by atoms with Crippen LogP contribution in [0.2, 0.25) is 0 Å². The van der Waals surface area contributed by atoms with Crippen LogP contribution in [-0.4, -0.2) is 29.9 Å². The van der Waals surface area contributed by atoms with E-state index in [1.807, 2.05) is 6.07 Å². The minimum Gasteiger partial charge on any atom is -0.497 e. The Labute approximate surface area is 111 Å². The largest absolute Gasteiger partial charge is 0.497 e. The molecule has 2 unspecified atom stereocenters. The van der Waals surface area contributed by atoms with Gasteiger partial charge in [0.05, 0.1) is 7.11 Å². The summed E-state index contributed by atoms with van der Waals surface area (Å²) in [7, 11) is 0.981. The molecule has 0 radical (unpaired) electrons. The molecule has 0 aliphatic heterocycles. The zero-order valence-corrected chi connectivity index (χ0v) is 11.9. The molecule has 1 aliphatic rings. The van der Waals surface area contributed by atoms with Crippen LogP contribution >= 0.6 is 0 Å². The highest BCUT2D eigenvalue weighted by Crippen LogP contribution is 2.32. The first kappa shape index (κ1) is 13.6. The minimum absolute atomic E-state index is 0.382. The van der Waals surface area contributed by atoms with Crippen molar-refractivity contribution in [2.45, 2.75) is 25.3 Å². The van der Waals surface area contributed by atoms with Gasteiger partial charge < -0.3 is 10.1 Å².